The molecule has 0 atom stereocenters. The van der Waals surface area contributed by atoms with E-state index in [4.69, 9.17) is 0 Å². The van der Waals surface area contributed by atoms with Crippen LogP contribution in [0.3, 0.4) is 0 Å². The molecule has 0 aliphatic heterocycles. The molecule has 0 amide bonds. The fourth-order valence-electron chi connectivity index (χ4n) is 0.945. The zero-order chi connectivity index (χ0) is 9.68. The van der Waals surface area contributed by atoms with Crippen LogP contribution in [-0.2, 0) is 6.54 Å². The first-order valence-corrected chi connectivity index (χ1v) is 4.76. The van der Waals surface area contributed by atoms with Crippen molar-refractivity contribution in [2.45, 2.75) is 6.54 Å². The second kappa shape index (κ2) is 5.14. The topological polar surface area (TPSA) is 12.0 Å². The van der Waals surface area contributed by atoms with Crippen LogP contribution in [0.5, 0.6) is 0 Å². The van der Waals surface area contributed by atoms with Crippen LogP contribution in [0.25, 0.3) is 0 Å². The Hall–Kier alpha value is -0.670. The minimum absolute atomic E-state index is 0.200. The molecule has 0 saturated carbocycles. The molecule has 1 aromatic rings. The van der Waals surface area contributed by atoms with Gasteiger partial charge in [-0.3, -0.25) is 0 Å². The van der Waals surface area contributed by atoms with E-state index in [1.54, 1.807) is 12.1 Å². The van der Waals surface area contributed by atoms with Gasteiger partial charge in [-0.1, -0.05) is 34.6 Å². The molecule has 1 nitrogen and oxygen atoms in total. The van der Waals surface area contributed by atoms with Crippen LogP contribution < -0.4 is 5.32 Å². The monoisotopic (exact) mass is 243 g/mol. The third kappa shape index (κ3) is 4.20. The second-order valence-corrected chi connectivity index (χ2v) is 3.87. The van der Waals surface area contributed by atoms with Gasteiger partial charge in [-0.25, -0.2) is 4.39 Å². The van der Waals surface area contributed by atoms with E-state index in [1.165, 1.54) is 12.1 Å². The molecule has 1 aromatic carbocycles. The van der Waals surface area contributed by atoms with Gasteiger partial charge in [-0.15, -0.1) is 0 Å². The van der Waals surface area contributed by atoms with Gasteiger partial charge in [0.1, 0.15) is 5.82 Å². The number of rotatable bonds is 4. The molecule has 0 bridgehead atoms. The first-order chi connectivity index (χ1) is 6.18. The van der Waals surface area contributed by atoms with Crippen molar-refractivity contribution in [3.05, 3.63) is 46.7 Å². The van der Waals surface area contributed by atoms with Crippen molar-refractivity contribution < 1.29 is 4.39 Å². The highest BCUT2D eigenvalue weighted by molar-refractivity contribution is 9.11. The smallest absolute Gasteiger partial charge is 0.123 e. The molecule has 0 radical (unpaired) electrons. The second-order valence-electron chi connectivity index (χ2n) is 2.75. The number of hydrogen-bond donors (Lipinski definition) is 1. The van der Waals surface area contributed by atoms with Crippen molar-refractivity contribution in [2.75, 3.05) is 6.54 Å². The number of benzene rings is 1. The van der Waals surface area contributed by atoms with Gasteiger partial charge in [0.2, 0.25) is 0 Å². The van der Waals surface area contributed by atoms with E-state index in [0.29, 0.717) is 0 Å². The van der Waals surface area contributed by atoms with Crippen molar-refractivity contribution in [3.8, 4) is 0 Å². The van der Waals surface area contributed by atoms with Gasteiger partial charge < -0.3 is 5.32 Å². The molecule has 0 aromatic heterocycles. The Morgan fingerprint density at radius 3 is 2.54 bits per heavy atom. The van der Waals surface area contributed by atoms with Crippen molar-refractivity contribution in [2.24, 2.45) is 0 Å². The Kier molecular flexibility index (Phi) is 4.12. The first-order valence-electron chi connectivity index (χ1n) is 3.97. The summed E-state index contributed by atoms with van der Waals surface area (Å²) in [6.45, 7) is 5.14. The van der Waals surface area contributed by atoms with Gasteiger partial charge in [0.25, 0.3) is 0 Å². The molecule has 0 unspecified atom stereocenters. The maximum atomic E-state index is 12.5. The van der Waals surface area contributed by atoms with E-state index >= 15 is 0 Å². The average molecular weight is 244 g/mol. The molecule has 0 aliphatic carbocycles. The molecule has 1 N–H and O–H groups in total. The lowest BCUT2D eigenvalue weighted by atomic mass is 10.2. The van der Waals surface area contributed by atoms with Gasteiger partial charge in [0, 0.05) is 17.6 Å². The van der Waals surface area contributed by atoms with Crippen LogP contribution in [0.2, 0.25) is 0 Å². The fraction of sp³-hybridized carbons (Fsp3) is 0.200. The zero-order valence-corrected chi connectivity index (χ0v) is 8.77. The molecular formula is C10H11BrFN. The molecule has 3 heteroatoms. The van der Waals surface area contributed by atoms with Gasteiger partial charge in [0.05, 0.1) is 0 Å². The van der Waals surface area contributed by atoms with Crippen LogP contribution in [0.15, 0.2) is 35.3 Å². The summed E-state index contributed by atoms with van der Waals surface area (Å²) in [7, 11) is 0. The molecule has 0 fully saturated rings. The lowest BCUT2D eigenvalue weighted by Crippen LogP contribution is -2.14. The van der Waals surface area contributed by atoms with Gasteiger partial charge in [-0.2, -0.15) is 0 Å². The van der Waals surface area contributed by atoms with Crippen LogP contribution in [0, 0.1) is 5.82 Å². The number of hydrogen-bond acceptors (Lipinski definition) is 1. The van der Waals surface area contributed by atoms with Crippen molar-refractivity contribution in [1.82, 2.24) is 5.32 Å². The number of nitrogens with one attached hydrogen (secondary N) is 1. The van der Waals surface area contributed by atoms with E-state index in [2.05, 4.69) is 27.8 Å². The van der Waals surface area contributed by atoms with Crippen LogP contribution in [0.4, 0.5) is 4.39 Å². The summed E-state index contributed by atoms with van der Waals surface area (Å²) in [5, 5.41) is 3.15. The minimum Gasteiger partial charge on any atom is -0.308 e. The Bertz CT molecular complexity index is 281. The van der Waals surface area contributed by atoms with E-state index in [-0.39, 0.29) is 5.82 Å². The van der Waals surface area contributed by atoms with Crippen LogP contribution in [-0.4, -0.2) is 6.54 Å². The molecule has 0 saturated heterocycles. The van der Waals surface area contributed by atoms with E-state index in [0.717, 1.165) is 23.1 Å². The highest BCUT2D eigenvalue weighted by atomic mass is 79.9. The zero-order valence-electron chi connectivity index (χ0n) is 7.19. The summed E-state index contributed by atoms with van der Waals surface area (Å²) in [4.78, 5) is 0. The summed E-state index contributed by atoms with van der Waals surface area (Å²) in [5.41, 5.74) is 1.06. The van der Waals surface area contributed by atoms with Crippen molar-refractivity contribution >= 4 is 15.9 Å². The SMILES string of the molecule is C=C(Br)CNCc1ccc(F)cc1. The summed E-state index contributed by atoms with van der Waals surface area (Å²) >= 11 is 3.24. The van der Waals surface area contributed by atoms with Gasteiger partial charge >= 0.3 is 0 Å². The molecule has 1 rings (SSSR count). The number of halogens is 2. The maximum Gasteiger partial charge on any atom is 0.123 e. The quantitative estimate of drug-likeness (QED) is 0.858. The molecular weight excluding hydrogens is 233 g/mol. The predicted octanol–water partition coefficient (Wildman–Crippen LogP) is 2.82. The van der Waals surface area contributed by atoms with E-state index < -0.39 is 0 Å². The molecule has 0 spiro atoms. The summed E-state index contributed by atoms with van der Waals surface area (Å²) in [6, 6.07) is 6.44. The first kappa shape index (κ1) is 10.4. The molecule has 0 aliphatic rings. The fourth-order valence-corrected chi connectivity index (χ4v) is 1.14. The Balaban J connectivity index is 2.37. The van der Waals surface area contributed by atoms with Crippen molar-refractivity contribution in [3.63, 3.8) is 0 Å². The summed E-state index contributed by atoms with van der Waals surface area (Å²) in [6.07, 6.45) is 0. The third-order valence-corrected chi connectivity index (χ3v) is 1.84. The lowest BCUT2D eigenvalue weighted by Gasteiger charge is -2.02. The van der Waals surface area contributed by atoms with E-state index in [9.17, 15) is 4.39 Å². The van der Waals surface area contributed by atoms with Crippen LogP contribution in [0.1, 0.15) is 5.56 Å². The van der Waals surface area contributed by atoms with Gasteiger partial charge in [-0.05, 0) is 17.7 Å². The maximum absolute atomic E-state index is 12.5. The van der Waals surface area contributed by atoms with E-state index in [1.807, 2.05) is 0 Å². The summed E-state index contributed by atoms with van der Waals surface area (Å²) in [5.74, 6) is -0.200. The molecule has 13 heavy (non-hydrogen) atoms. The third-order valence-electron chi connectivity index (χ3n) is 1.56. The highest BCUT2D eigenvalue weighted by Gasteiger charge is 1.93. The lowest BCUT2D eigenvalue weighted by molar-refractivity contribution is 0.626. The normalized spacial score (nSPS) is 10.0. The van der Waals surface area contributed by atoms with Crippen molar-refractivity contribution in [1.29, 1.82) is 0 Å². The largest absolute Gasteiger partial charge is 0.308 e. The average Bonchev–Trinajstić information content (AvgIpc) is 2.08. The minimum atomic E-state index is -0.200. The molecule has 0 heterocycles. The predicted molar refractivity (Wildman–Crippen MR) is 56.2 cm³/mol. The highest BCUT2D eigenvalue weighted by Crippen LogP contribution is 2.03. The molecule has 70 valence electrons. The van der Waals surface area contributed by atoms with Crippen LogP contribution >= 0.6 is 15.9 Å². The standard InChI is InChI=1S/C10H11BrFN/c1-8(11)6-13-7-9-2-4-10(12)5-3-9/h2-5,13H,1,6-7H2. The summed E-state index contributed by atoms with van der Waals surface area (Å²) < 4.78 is 13.4. The van der Waals surface area contributed by atoms with Gasteiger partial charge in [0.15, 0.2) is 0 Å². The Morgan fingerprint density at radius 1 is 1.38 bits per heavy atom. The Labute approximate surface area is 85.8 Å². The Morgan fingerprint density at radius 2 is 2.00 bits per heavy atom.